The van der Waals surface area contributed by atoms with Gasteiger partial charge in [0, 0.05) is 34.4 Å². The summed E-state index contributed by atoms with van der Waals surface area (Å²) in [5, 5.41) is 4.21. The summed E-state index contributed by atoms with van der Waals surface area (Å²) in [6, 6.07) is 14.0. The first-order chi connectivity index (χ1) is 16.5. The van der Waals surface area contributed by atoms with Crippen LogP contribution in [0.5, 0.6) is 5.75 Å². The van der Waals surface area contributed by atoms with Crippen molar-refractivity contribution in [3.8, 4) is 16.3 Å². The van der Waals surface area contributed by atoms with E-state index in [0.29, 0.717) is 10.8 Å². The number of primary amides is 1. The summed E-state index contributed by atoms with van der Waals surface area (Å²) in [5.74, 6) is 0.224. The highest BCUT2D eigenvalue weighted by Gasteiger charge is 2.21. The van der Waals surface area contributed by atoms with Gasteiger partial charge < -0.3 is 15.8 Å². The first-order valence-electron chi connectivity index (χ1n) is 11.6. The number of nitrogens with two attached hydrogens (primary N) is 1. The Morgan fingerprint density at radius 1 is 1.23 bits per heavy atom. The number of rotatable bonds is 8. The average Bonchev–Trinajstić information content (AvgIpc) is 3.36. The summed E-state index contributed by atoms with van der Waals surface area (Å²) < 4.78 is 8.37. The normalized spacial score (nSPS) is 13.7. The highest BCUT2D eigenvalue weighted by atomic mass is 35.5. The standard InChI is InChI=1S/C27H31ClN4O2S/c1-16(31-27(3,4)5)18-9-10-19(20(28)12-18)17(2)34-22-13-23(35-24(22)14-25(29)33)21-15-30-26-8-6-7-11-32(21)26/h6-13,15-17,31H,14H2,1-5H3,(H2,29,33)/t16?,17-/m1/s1. The van der Waals surface area contributed by atoms with Gasteiger partial charge in [-0.25, -0.2) is 4.98 Å². The zero-order valence-corrected chi connectivity index (χ0v) is 22.2. The fourth-order valence-corrected chi connectivity index (χ4v) is 5.62. The second kappa shape index (κ2) is 10.0. The lowest BCUT2D eigenvalue weighted by molar-refractivity contribution is -0.117. The van der Waals surface area contributed by atoms with Crippen molar-refractivity contribution >= 4 is 34.5 Å². The fourth-order valence-electron chi connectivity index (χ4n) is 4.16. The van der Waals surface area contributed by atoms with Crippen LogP contribution in [0, 0.1) is 0 Å². The molecule has 2 atom stereocenters. The van der Waals surface area contributed by atoms with Crippen molar-refractivity contribution in [2.45, 2.75) is 58.7 Å². The summed E-state index contributed by atoms with van der Waals surface area (Å²) >= 11 is 8.18. The van der Waals surface area contributed by atoms with Crippen LogP contribution in [0.2, 0.25) is 5.02 Å². The average molecular weight is 511 g/mol. The largest absolute Gasteiger partial charge is 0.485 e. The number of hydrogen-bond acceptors (Lipinski definition) is 5. The molecule has 0 saturated heterocycles. The third-order valence-corrected chi connectivity index (χ3v) is 7.16. The molecule has 1 amide bonds. The molecule has 1 unspecified atom stereocenters. The van der Waals surface area contributed by atoms with Crippen LogP contribution >= 0.6 is 22.9 Å². The number of amides is 1. The number of fused-ring (bicyclic) bond motifs is 1. The minimum atomic E-state index is -0.406. The molecule has 3 aromatic heterocycles. The molecule has 0 aliphatic carbocycles. The lowest BCUT2D eigenvalue weighted by Gasteiger charge is -2.27. The van der Waals surface area contributed by atoms with Crippen molar-refractivity contribution in [1.82, 2.24) is 14.7 Å². The number of imidazole rings is 1. The molecule has 8 heteroatoms. The number of aromatic nitrogens is 2. The molecular weight excluding hydrogens is 480 g/mol. The van der Waals surface area contributed by atoms with Gasteiger partial charge in [0.05, 0.1) is 28.1 Å². The molecule has 0 radical (unpaired) electrons. The number of carbonyl (C=O) groups is 1. The molecular formula is C27H31ClN4O2S. The Morgan fingerprint density at radius 2 is 2.00 bits per heavy atom. The second-order valence-corrected chi connectivity index (χ2v) is 11.3. The molecule has 35 heavy (non-hydrogen) atoms. The second-order valence-electron chi connectivity index (χ2n) is 9.77. The summed E-state index contributed by atoms with van der Waals surface area (Å²) in [5.41, 5.74) is 9.31. The minimum Gasteiger partial charge on any atom is -0.485 e. The number of carbonyl (C=O) groups excluding carboxylic acids is 1. The van der Waals surface area contributed by atoms with E-state index in [-0.39, 0.29) is 24.1 Å². The van der Waals surface area contributed by atoms with Gasteiger partial charge in [0.25, 0.3) is 0 Å². The highest BCUT2D eigenvalue weighted by Crippen LogP contribution is 2.39. The van der Waals surface area contributed by atoms with E-state index in [1.165, 1.54) is 11.3 Å². The topological polar surface area (TPSA) is 81.7 Å². The van der Waals surface area contributed by atoms with Crippen molar-refractivity contribution in [2.24, 2.45) is 5.73 Å². The Hall–Kier alpha value is -2.87. The number of hydrogen-bond donors (Lipinski definition) is 2. The monoisotopic (exact) mass is 510 g/mol. The first kappa shape index (κ1) is 25.2. The van der Waals surface area contributed by atoms with E-state index in [4.69, 9.17) is 22.1 Å². The van der Waals surface area contributed by atoms with E-state index in [9.17, 15) is 4.79 Å². The van der Waals surface area contributed by atoms with Gasteiger partial charge in [-0.3, -0.25) is 9.20 Å². The van der Waals surface area contributed by atoms with Crippen molar-refractivity contribution in [2.75, 3.05) is 0 Å². The van der Waals surface area contributed by atoms with E-state index in [1.54, 1.807) is 0 Å². The third-order valence-electron chi connectivity index (χ3n) is 5.69. The number of benzene rings is 1. The molecule has 3 N–H and O–H groups in total. The van der Waals surface area contributed by atoms with Gasteiger partial charge in [-0.15, -0.1) is 11.3 Å². The Balaban J connectivity index is 1.61. The van der Waals surface area contributed by atoms with Gasteiger partial charge in [-0.1, -0.05) is 29.8 Å². The fraction of sp³-hybridized carbons (Fsp3) is 0.333. The van der Waals surface area contributed by atoms with Gasteiger partial charge in [-0.05, 0) is 58.4 Å². The molecule has 0 aliphatic rings. The van der Waals surface area contributed by atoms with E-state index in [1.807, 2.05) is 60.1 Å². The maximum absolute atomic E-state index is 11.8. The van der Waals surface area contributed by atoms with Crippen LogP contribution in [-0.4, -0.2) is 20.8 Å². The summed E-state index contributed by atoms with van der Waals surface area (Å²) in [4.78, 5) is 18.0. The van der Waals surface area contributed by atoms with Crippen LogP contribution in [0.25, 0.3) is 16.2 Å². The van der Waals surface area contributed by atoms with Gasteiger partial charge in [0.1, 0.15) is 17.5 Å². The van der Waals surface area contributed by atoms with E-state index >= 15 is 0 Å². The number of nitrogens with one attached hydrogen (secondary N) is 1. The number of nitrogens with zero attached hydrogens (tertiary/aromatic N) is 2. The predicted octanol–water partition coefficient (Wildman–Crippen LogP) is 6.33. The molecule has 3 heterocycles. The number of pyridine rings is 1. The quantitative estimate of drug-likeness (QED) is 0.290. The SMILES string of the molecule is CC(NC(C)(C)C)c1ccc([C@@H](C)Oc2cc(-c3cnc4ccccn34)sc2CC(N)=O)c(Cl)c1. The zero-order chi connectivity index (χ0) is 25.3. The molecule has 6 nitrogen and oxygen atoms in total. The molecule has 0 fully saturated rings. The molecule has 1 aromatic carbocycles. The van der Waals surface area contributed by atoms with Crippen LogP contribution in [-0.2, 0) is 11.2 Å². The van der Waals surface area contributed by atoms with Crippen LogP contribution in [0.15, 0.2) is 54.9 Å². The Morgan fingerprint density at radius 3 is 2.69 bits per heavy atom. The van der Waals surface area contributed by atoms with Gasteiger partial charge in [0.2, 0.25) is 5.91 Å². The summed E-state index contributed by atoms with van der Waals surface area (Å²) in [7, 11) is 0. The molecule has 4 aromatic rings. The Labute approximate surface area is 215 Å². The molecule has 0 spiro atoms. The first-order valence-corrected chi connectivity index (χ1v) is 12.8. The highest BCUT2D eigenvalue weighted by molar-refractivity contribution is 7.15. The van der Waals surface area contributed by atoms with E-state index < -0.39 is 5.91 Å². The lowest BCUT2D eigenvalue weighted by atomic mass is 10.0. The Kier molecular flexibility index (Phi) is 7.22. The van der Waals surface area contributed by atoms with Gasteiger partial charge >= 0.3 is 0 Å². The predicted molar refractivity (Wildman–Crippen MR) is 143 cm³/mol. The van der Waals surface area contributed by atoms with Crippen LogP contribution in [0.3, 0.4) is 0 Å². The van der Waals surface area contributed by atoms with Crippen LogP contribution in [0.1, 0.15) is 62.8 Å². The number of ether oxygens (including phenoxy) is 1. The maximum Gasteiger partial charge on any atom is 0.222 e. The van der Waals surface area contributed by atoms with Crippen molar-refractivity contribution in [1.29, 1.82) is 0 Å². The zero-order valence-electron chi connectivity index (χ0n) is 20.6. The number of halogens is 1. The summed E-state index contributed by atoms with van der Waals surface area (Å²) in [6.07, 6.45) is 3.57. The molecule has 4 rings (SSSR count). The van der Waals surface area contributed by atoms with E-state index in [0.717, 1.165) is 32.2 Å². The van der Waals surface area contributed by atoms with Gasteiger partial charge in [0.15, 0.2) is 0 Å². The van der Waals surface area contributed by atoms with Crippen LogP contribution < -0.4 is 15.8 Å². The van der Waals surface area contributed by atoms with Crippen molar-refractivity contribution < 1.29 is 9.53 Å². The third kappa shape index (κ3) is 5.86. The summed E-state index contributed by atoms with van der Waals surface area (Å²) in [6.45, 7) is 10.5. The molecule has 184 valence electrons. The maximum atomic E-state index is 11.8. The van der Waals surface area contributed by atoms with Gasteiger partial charge in [-0.2, -0.15) is 0 Å². The smallest absolute Gasteiger partial charge is 0.222 e. The molecule has 0 aliphatic heterocycles. The lowest BCUT2D eigenvalue weighted by Crippen LogP contribution is -2.37. The van der Waals surface area contributed by atoms with Crippen LogP contribution in [0.4, 0.5) is 0 Å². The van der Waals surface area contributed by atoms with Crippen molar-refractivity contribution in [3.05, 3.63) is 75.9 Å². The van der Waals surface area contributed by atoms with Crippen molar-refractivity contribution in [3.63, 3.8) is 0 Å². The Bertz CT molecular complexity index is 1350. The van der Waals surface area contributed by atoms with E-state index in [2.05, 4.69) is 44.1 Å². The minimum absolute atomic E-state index is 0.00467. The molecule has 0 bridgehead atoms. The molecule has 0 saturated carbocycles. The number of thiophene rings is 1.